The fourth-order valence-corrected chi connectivity index (χ4v) is 6.03. The van der Waals surface area contributed by atoms with Crippen molar-refractivity contribution in [3.8, 4) is 0 Å². The molecule has 23 heteroatoms. The topological polar surface area (TPSA) is 314 Å². The van der Waals surface area contributed by atoms with Gasteiger partial charge in [-0.1, -0.05) is 0 Å². The third kappa shape index (κ3) is 5.62. The SMILES string of the molecule is COC1(COP(=O)(O)OP(=O)(O)OP(=O)(O)O)OC(n2cnc3c(=O)[nH]c(N)nc32)C(N)C1O. The summed E-state index contributed by atoms with van der Waals surface area (Å²) >= 11 is 0. The lowest BCUT2D eigenvalue weighted by Crippen LogP contribution is -2.50. The highest BCUT2D eigenvalue weighted by atomic mass is 31.3. The molecule has 3 heterocycles. The number of H-pyrrole nitrogens is 1. The normalized spacial score (nSPS) is 29.2. The molecule has 2 aromatic rings. The summed E-state index contributed by atoms with van der Waals surface area (Å²) in [4.78, 5) is 58.0. The summed E-state index contributed by atoms with van der Waals surface area (Å²) in [5.41, 5.74) is 10.6. The third-order valence-electron chi connectivity index (χ3n) is 4.38. The molecule has 0 spiro atoms. The number of nitrogen functional groups attached to an aromatic ring is 1. The summed E-state index contributed by atoms with van der Waals surface area (Å²) in [6.45, 7) is -1.17. The number of rotatable bonds is 9. The van der Waals surface area contributed by atoms with Gasteiger partial charge in [-0.3, -0.25) is 18.9 Å². The number of nitrogens with zero attached hydrogens (tertiary/aromatic N) is 3. The van der Waals surface area contributed by atoms with Crippen molar-refractivity contribution in [3.05, 3.63) is 16.7 Å². The summed E-state index contributed by atoms with van der Waals surface area (Å²) in [6.07, 6.45) is -2.04. The molecule has 1 fully saturated rings. The van der Waals surface area contributed by atoms with Gasteiger partial charge < -0.3 is 45.6 Å². The predicted molar refractivity (Wildman–Crippen MR) is 106 cm³/mol. The van der Waals surface area contributed by atoms with Crippen LogP contribution in [0.5, 0.6) is 0 Å². The van der Waals surface area contributed by atoms with Crippen LogP contribution in [0.1, 0.15) is 6.23 Å². The van der Waals surface area contributed by atoms with Gasteiger partial charge in [-0.15, -0.1) is 0 Å². The Labute approximate surface area is 187 Å². The second-order valence-corrected chi connectivity index (χ2v) is 11.1. The van der Waals surface area contributed by atoms with Crippen LogP contribution in [-0.4, -0.2) is 75.8 Å². The number of nitrogens with one attached hydrogen (secondary N) is 1. The molecule has 3 rings (SSSR count). The first-order valence-electron chi connectivity index (χ1n) is 8.66. The zero-order valence-electron chi connectivity index (χ0n) is 16.8. The highest BCUT2D eigenvalue weighted by molar-refractivity contribution is 7.66. The number of imidazole rings is 1. The van der Waals surface area contributed by atoms with Crippen molar-refractivity contribution in [2.45, 2.75) is 24.2 Å². The summed E-state index contributed by atoms with van der Waals surface area (Å²) in [6, 6.07) is -1.34. The van der Waals surface area contributed by atoms with Crippen LogP contribution in [0.15, 0.2) is 11.1 Å². The van der Waals surface area contributed by atoms with Gasteiger partial charge in [-0.25, -0.2) is 18.7 Å². The molecule has 192 valence electrons. The number of fused-ring (bicyclic) bond motifs is 1. The zero-order chi connectivity index (χ0) is 25.7. The Balaban J connectivity index is 1.83. The number of anilines is 1. The average molecular weight is 552 g/mol. The number of methoxy groups -OCH3 is 1. The molecule has 2 aromatic heterocycles. The van der Waals surface area contributed by atoms with E-state index in [1.807, 2.05) is 0 Å². The van der Waals surface area contributed by atoms with E-state index in [1.165, 1.54) is 0 Å². The lowest BCUT2D eigenvalue weighted by molar-refractivity contribution is -0.266. The maximum Gasteiger partial charge on any atom is 0.490 e. The quantitative estimate of drug-likeness (QED) is 0.150. The van der Waals surface area contributed by atoms with Crippen LogP contribution >= 0.6 is 23.5 Å². The Bertz CT molecular complexity index is 1280. The highest BCUT2D eigenvalue weighted by Crippen LogP contribution is 2.66. The minimum absolute atomic E-state index is 0.0892. The summed E-state index contributed by atoms with van der Waals surface area (Å²) in [5.74, 6) is -2.56. The molecular formula is C11H19N6O14P3. The van der Waals surface area contributed by atoms with E-state index in [0.29, 0.717) is 0 Å². The van der Waals surface area contributed by atoms with Crippen molar-refractivity contribution in [2.24, 2.45) is 5.73 Å². The second-order valence-electron chi connectivity index (χ2n) is 6.69. The minimum atomic E-state index is -5.78. The Morgan fingerprint density at radius 2 is 1.88 bits per heavy atom. The van der Waals surface area contributed by atoms with E-state index in [4.69, 9.17) is 30.7 Å². The van der Waals surface area contributed by atoms with E-state index in [2.05, 4.69) is 28.1 Å². The molecule has 6 unspecified atom stereocenters. The Kier molecular flexibility index (Phi) is 7.24. The predicted octanol–water partition coefficient (Wildman–Crippen LogP) is -2.40. The monoisotopic (exact) mass is 552 g/mol. The second kappa shape index (κ2) is 9.12. The fraction of sp³-hybridized carbons (Fsp3) is 0.545. The number of nitrogens with two attached hydrogens (primary N) is 2. The lowest BCUT2D eigenvalue weighted by Gasteiger charge is -2.30. The fourth-order valence-electron chi connectivity index (χ4n) is 3.00. The first kappa shape index (κ1) is 27.0. The first-order chi connectivity index (χ1) is 15.5. The van der Waals surface area contributed by atoms with E-state index in [9.17, 15) is 33.4 Å². The van der Waals surface area contributed by atoms with Crippen molar-refractivity contribution in [1.29, 1.82) is 0 Å². The summed E-state index contributed by atoms with van der Waals surface area (Å²) in [5, 5.41) is 10.6. The molecule has 0 radical (unpaired) electrons. The number of hydrogen-bond acceptors (Lipinski definition) is 14. The smallest absolute Gasteiger partial charge is 0.386 e. The number of hydrogen-bond donors (Lipinski definition) is 8. The Morgan fingerprint density at radius 1 is 1.24 bits per heavy atom. The van der Waals surface area contributed by atoms with E-state index in [1.54, 1.807) is 0 Å². The maximum atomic E-state index is 12.0. The van der Waals surface area contributed by atoms with E-state index >= 15 is 0 Å². The van der Waals surface area contributed by atoms with Gasteiger partial charge in [0.1, 0.15) is 12.7 Å². The van der Waals surface area contributed by atoms with Crippen LogP contribution in [-0.2, 0) is 36.3 Å². The van der Waals surface area contributed by atoms with Gasteiger partial charge in [-0.2, -0.15) is 13.6 Å². The molecule has 6 atom stereocenters. The minimum Gasteiger partial charge on any atom is -0.386 e. The standard InChI is InChI=1S/C11H19N6O14P3/c1-27-11(2-28-33(23,24)31-34(25,26)30-32(20,21)22)6(18)4(12)9(29-11)17-3-14-5-7(17)15-10(13)16-8(5)19/h3-4,6,9,18H,2,12H2,1H3,(H,23,24)(H,25,26)(H2,20,21,22)(H3,13,15,16,19). The number of ether oxygens (including phenoxy) is 2. The number of aliphatic hydroxyl groups is 1. The van der Waals surface area contributed by atoms with Crippen molar-refractivity contribution in [1.82, 2.24) is 19.5 Å². The van der Waals surface area contributed by atoms with E-state index < -0.39 is 59.8 Å². The molecule has 0 aliphatic carbocycles. The Morgan fingerprint density at radius 3 is 2.47 bits per heavy atom. The number of aromatic amines is 1. The highest BCUT2D eigenvalue weighted by Gasteiger charge is 2.56. The van der Waals surface area contributed by atoms with Crippen LogP contribution in [0.25, 0.3) is 11.2 Å². The van der Waals surface area contributed by atoms with E-state index in [-0.39, 0.29) is 17.1 Å². The van der Waals surface area contributed by atoms with Crippen molar-refractivity contribution in [3.63, 3.8) is 0 Å². The molecule has 0 aromatic carbocycles. The summed E-state index contributed by atoms with van der Waals surface area (Å²) in [7, 11) is -16.0. The Hall–Kier alpha value is -1.60. The molecule has 0 bridgehead atoms. The van der Waals surface area contributed by atoms with Crippen LogP contribution in [0.3, 0.4) is 0 Å². The number of phosphoric ester groups is 1. The molecule has 20 nitrogen and oxygen atoms in total. The van der Waals surface area contributed by atoms with Gasteiger partial charge in [0.2, 0.25) is 11.7 Å². The summed E-state index contributed by atoms with van der Waals surface area (Å²) < 4.78 is 57.7. The molecular weight excluding hydrogens is 533 g/mol. The molecule has 0 saturated carbocycles. The number of phosphoric acid groups is 3. The molecule has 1 saturated heterocycles. The van der Waals surface area contributed by atoms with Crippen molar-refractivity contribution < 1.29 is 61.0 Å². The molecule has 1 aliphatic heterocycles. The van der Waals surface area contributed by atoms with Crippen LogP contribution in [0.4, 0.5) is 5.95 Å². The van der Waals surface area contributed by atoms with E-state index in [0.717, 1.165) is 18.0 Å². The molecule has 10 N–H and O–H groups in total. The lowest BCUT2D eigenvalue weighted by atomic mass is 10.1. The largest absolute Gasteiger partial charge is 0.490 e. The van der Waals surface area contributed by atoms with Gasteiger partial charge >= 0.3 is 23.5 Å². The zero-order valence-corrected chi connectivity index (χ0v) is 19.4. The van der Waals surface area contributed by atoms with Gasteiger partial charge in [0.25, 0.3) is 5.56 Å². The van der Waals surface area contributed by atoms with Crippen molar-refractivity contribution in [2.75, 3.05) is 19.5 Å². The maximum absolute atomic E-state index is 12.0. The van der Waals surface area contributed by atoms with Gasteiger partial charge in [0.15, 0.2) is 17.4 Å². The van der Waals surface area contributed by atoms with Crippen molar-refractivity contribution >= 4 is 40.6 Å². The van der Waals surface area contributed by atoms with Crippen LogP contribution < -0.4 is 17.0 Å². The number of aromatic nitrogens is 4. The van der Waals surface area contributed by atoms with Gasteiger partial charge in [0.05, 0.1) is 12.4 Å². The molecule has 34 heavy (non-hydrogen) atoms. The molecule has 1 aliphatic rings. The van der Waals surface area contributed by atoms with Gasteiger partial charge in [-0.05, 0) is 0 Å². The van der Waals surface area contributed by atoms with Crippen LogP contribution in [0.2, 0.25) is 0 Å². The van der Waals surface area contributed by atoms with Gasteiger partial charge in [0, 0.05) is 7.11 Å². The third-order valence-corrected chi connectivity index (χ3v) is 8.16. The average Bonchev–Trinajstić information content (AvgIpc) is 3.18. The molecule has 0 amide bonds. The first-order valence-corrected chi connectivity index (χ1v) is 13.2. The number of aliphatic hydroxyl groups excluding tert-OH is 1. The van der Waals surface area contributed by atoms with Crippen LogP contribution in [0, 0.1) is 0 Å².